The first-order valence-electron chi connectivity index (χ1n) is 5.71. The predicted octanol–water partition coefficient (Wildman–Crippen LogP) is 2.65. The summed E-state index contributed by atoms with van der Waals surface area (Å²) in [5, 5.41) is 4.20. The summed E-state index contributed by atoms with van der Waals surface area (Å²) in [6.07, 6.45) is 4.01. The van der Waals surface area contributed by atoms with Gasteiger partial charge in [-0.05, 0) is 30.4 Å². The molecule has 1 aliphatic rings. The number of nitrogen functional groups attached to an aromatic ring is 1. The zero-order chi connectivity index (χ0) is 12.0. The molecule has 3 nitrogen and oxygen atoms in total. The lowest BCUT2D eigenvalue weighted by Gasteiger charge is -2.09. The normalized spacial score (nSPS) is 17.1. The minimum Gasteiger partial charge on any atom is -0.383 e. The van der Waals surface area contributed by atoms with Crippen molar-refractivity contribution < 1.29 is 4.39 Å². The van der Waals surface area contributed by atoms with Gasteiger partial charge in [-0.2, -0.15) is 5.10 Å². The molecule has 0 saturated heterocycles. The van der Waals surface area contributed by atoms with Crippen molar-refractivity contribution in [3.05, 3.63) is 41.8 Å². The molecule has 88 valence electrons. The van der Waals surface area contributed by atoms with E-state index >= 15 is 0 Å². The quantitative estimate of drug-likeness (QED) is 0.863. The number of benzene rings is 1. The Morgan fingerprint density at radius 3 is 2.71 bits per heavy atom. The summed E-state index contributed by atoms with van der Waals surface area (Å²) in [5.41, 5.74) is 7.64. The lowest BCUT2D eigenvalue weighted by atomic mass is 10.0. The van der Waals surface area contributed by atoms with Crippen LogP contribution in [-0.2, 0) is 5.41 Å². The second-order valence-electron chi connectivity index (χ2n) is 4.87. The van der Waals surface area contributed by atoms with Crippen LogP contribution < -0.4 is 5.73 Å². The third kappa shape index (κ3) is 1.52. The molecule has 0 radical (unpaired) electrons. The predicted molar refractivity (Wildman–Crippen MR) is 64.5 cm³/mol. The van der Waals surface area contributed by atoms with Crippen molar-refractivity contribution in [3.8, 4) is 5.69 Å². The topological polar surface area (TPSA) is 43.8 Å². The summed E-state index contributed by atoms with van der Waals surface area (Å²) in [6, 6.07) is 6.52. The van der Waals surface area contributed by atoms with Crippen molar-refractivity contribution in [2.24, 2.45) is 0 Å². The highest BCUT2D eigenvalue weighted by Crippen LogP contribution is 2.49. The number of hydrogen-bond donors (Lipinski definition) is 1. The van der Waals surface area contributed by atoms with E-state index in [0.29, 0.717) is 11.5 Å². The van der Waals surface area contributed by atoms with Crippen LogP contribution in [0.1, 0.15) is 25.3 Å². The van der Waals surface area contributed by atoms with Crippen LogP contribution in [0.2, 0.25) is 0 Å². The minimum atomic E-state index is -0.310. The first kappa shape index (κ1) is 10.3. The fourth-order valence-electron chi connectivity index (χ4n) is 2.10. The van der Waals surface area contributed by atoms with Crippen molar-refractivity contribution >= 4 is 5.82 Å². The monoisotopic (exact) mass is 231 g/mol. The second kappa shape index (κ2) is 3.32. The average molecular weight is 231 g/mol. The largest absolute Gasteiger partial charge is 0.383 e. The van der Waals surface area contributed by atoms with E-state index in [4.69, 9.17) is 5.73 Å². The van der Waals surface area contributed by atoms with E-state index < -0.39 is 0 Å². The zero-order valence-electron chi connectivity index (χ0n) is 9.65. The molecule has 1 saturated carbocycles. The number of nitrogens with zero attached hydrogens (tertiary/aromatic N) is 2. The molecule has 3 rings (SSSR count). The van der Waals surface area contributed by atoms with Crippen molar-refractivity contribution in [2.45, 2.75) is 25.2 Å². The van der Waals surface area contributed by atoms with Crippen LogP contribution in [0.5, 0.6) is 0 Å². The Kier molecular flexibility index (Phi) is 2.02. The van der Waals surface area contributed by atoms with E-state index in [0.717, 1.165) is 18.4 Å². The molecule has 1 heterocycles. The van der Waals surface area contributed by atoms with Crippen LogP contribution in [0.25, 0.3) is 5.69 Å². The molecular weight excluding hydrogens is 217 g/mol. The molecular formula is C13H14FN3. The van der Waals surface area contributed by atoms with Crippen molar-refractivity contribution in [1.82, 2.24) is 9.78 Å². The van der Waals surface area contributed by atoms with Gasteiger partial charge in [-0.15, -0.1) is 0 Å². The summed E-state index contributed by atoms with van der Waals surface area (Å²) >= 11 is 0. The van der Waals surface area contributed by atoms with Crippen LogP contribution in [0, 0.1) is 5.82 Å². The summed E-state index contributed by atoms with van der Waals surface area (Å²) in [5.74, 6) is 0.241. The number of rotatable bonds is 2. The number of para-hydroxylation sites is 1. The average Bonchev–Trinajstić information content (AvgIpc) is 2.92. The Balaban J connectivity index is 2.11. The Hall–Kier alpha value is -1.84. The van der Waals surface area contributed by atoms with Crippen LogP contribution >= 0.6 is 0 Å². The highest BCUT2D eigenvalue weighted by Gasteiger charge is 2.42. The summed E-state index contributed by atoms with van der Waals surface area (Å²) in [4.78, 5) is 0. The summed E-state index contributed by atoms with van der Waals surface area (Å²) in [6.45, 7) is 2.16. The first-order chi connectivity index (χ1) is 8.12. The van der Waals surface area contributed by atoms with Gasteiger partial charge in [-0.3, -0.25) is 0 Å². The Morgan fingerprint density at radius 2 is 2.06 bits per heavy atom. The first-order valence-corrected chi connectivity index (χ1v) is 5.71. The Labute approximate surface area is 99.1 Å². The molecule has 0 atom stereocenters. The summed E-state index contributed by atoms with van der Waals surface area (Å²) < 4.78 is 15.1. The van der Waals surface area contributed by atoms with Gasteiger partial charge in [-0.1, -0.05) is 19.1 Å². The highest BCUT2D eigenvalue weighted by atomic mass is 19.1. The van der Waals surface area contributed by atoms with Crippen LogP contribution in [0.15, 0.2) is 30.5 Å². The van der Waals surface area contributed by atoms with Gasteiger partial charge >= 0.3 is 0 Å². The standard InChI is InChI=1S/C13H14FN3/c1-13(6-7-13)9-8-16-17(12(9)15)11-5-3-2-4-10(11)14/h2-5,8H,6-7,15H2,1H3. The maximum Gasteiger partial charge on any atom is 0.148 e. The van der Waals surface area contributed by atoms with Crippen molar-refractivity contribution in [2.75, 3.05) is 5.73 Å². The summed E-state index contributed by atoms with van der Waals surface area (Å²) in [7, 11) is 0. The van der Waals surface area contributed by atoms with Gasteiger partial charge < -0.3 is 5.73 Å². The van der Waals surface area contributed by atoms with E-state index in [1.807, 2.05) is 0 Å². The molecule has 0 aliphatic heterocycles. The lowest BCUT2D eigenvalue weighted by Crippen LogP contribution is -2.08. The third-order valence-corrected chi connectivity index (χ3v) is 3.54. The highest BCUT2D eigenvalue weighted by molar-refractivity contribution is 5.52. The van der Waals surface area contributed by atoms with Crippen LogP contribution in [0.3, 0.4) is 0 Å². The molecule has 2 N–H and O–H groups in total. The number of aromatic nitrogens is 2. The third-order valence-electron chi connectivity index (χ3n) is 3.54. The molecule has 1 aliphatic carbocycles. The number of halogens is 1. The maximum absolute atomic E-state index is 13.7. The lowest BCUT2D eigenvalue weighted by molar-refractivity contribution is 0.612. The zero-order valence-corrected chi connectivity index (χ0v) is 9.65. The van der Waals surface area contributed by atoms with E-state index in [1.165, 1.54) is 10.7 Å². The molecule has 1 aromatic heterocycles. The van der Waals surface area contributed by atoms with Crippen LogP contribution in [0.4, 0.5) is 10.2 Å². The van der Waals surface area contributed by atoms with Gasteiger partial charge in [0.05, 0.1) is 6.20 Å². The molecule has 0 unspecified atom stereocenters. The van der Waals surface area contributed by atoms with Gasteiger partial charge in [0.2, 0.25) is 0 Å². The molecule has 0 spiro atoms. The van der Waals surface area contributed by atoms with Gasteiger partial charge in [0, 0.05) is 5.56 Å². The fourth-order valence-corrected chi connectivity index (χ4v) is 2.10. The molecule has 4 heteroatoms. The Morgan fingerprint density at radius 1 is 1.35 bits per heavy atom. The molecule has 2 aromatic rings. The number of anilines is 1. The molecule has 1 aromatic carbocycles. The van der Waals surface area contributed by atoms with E-state index in [9.17, 15) is 4.39 Å². The van der Waals surface area contributed by atoms with E-state index in [-0.39, 0.29) is 11.2 Å². The minimum absolute atomic E-state index is 0.146. The van der Waals surface area contributed by atoms with Gasteiger partial charge in [0.1, 0.15) is 17.3 Å². The van der Waals surface area contributed by atoms with Crippen LogP contribution in [-0.4, -0.2) is 9.78 Å². The van der Waals surface area contributed by atoms with Gasteiger partial charge in [0.15, 0.2) is 0 Å². The van der Waals surface area contributed by atoms with E-state index in [2.05, 4.69) is 12.0 Å². The Bertz CT molecular complexity index is 570. The van der Waals surface area contributed by atoms with Crippen molar-refractivity contribution in [3.63, 3.8) is 0 Å². The van der Waals surface area contributed by atoms with Gasteiger partial charge in [0.25, 0.3) is 0 Å². The second-order valence-corrected chi connectivity index (χ2v) is 4.87. The van der Waals surface area contributed by atoms with E-state index in [1.54, 1.807) is 24.4 Å². The molecule has 1 fully saturated rings. The smallest absolute Gasteiger partial charge is 0.148 e. The maximum atomic E-state index is 13.7. The number of hydrogen-bond acceptors (Lipinski definition) is 2. The van der Waals surface area contributed by atoms with Gasteiger partial charge in [-0.25, -0.2) is 9.07 Å². The fraction of sp³-hybridized carbons (Fsp3) is 0.308. The number of nitrogens with two attached hydrogens (primary N) is 1. The molecule has 0 amide bonds. The molecule has 0 bridgehead atoms. The SMILES string of the molecule is CC1(c2cnn(-c3ccccc3F)c2N)CC1. The molecule has 17 heavy (non-hydrogen) atoms. The van der Waals surface area contributed by atoms with Crippen molar-refractivity contribution in [1.29, 1.82) is 0 Å².